The molecule has 1 rings (SSSR count). The minimum atomic E-state index is 0.696. The van der Waals surface area contributed by atoms with Gasteiger partial charge in [0.05, 0.1) is 18.5 Å². The maximum Gasteiger partial charge on any atom is 0.131 e. The fourth-order valence-electron chi connectivity index (χ4n) is 1.32. The molecule has 78 valence electrons. The van der Waals surface area contributed by atoms with E-state index in [-0.39, 0.29) is 0 Å². The summed E-state index contributed by atoms with van der Waals surface area (Å²) in [5.41, 5.74) is 7.41. The first kappa shape index (κ1) is 10.8. The van der Waals surface area contributed by atoms with E-state index in [0.717, 1.165) is 17.9 Å². The van der Waals surface area contributed by atoms with Crippen LogP contribution in [0.2, 0.25) is 0 Å². The van der Waals surface area contributed by atoms with Crippen LogP contribution in [-0.2, 0) is 4.74 Å². The quantitative estimate of drug-likeness (QED) is 0.780. The minimum Gasteiger partial charge on any atom is -0.397 e. The number of ether oxygens (including phenoxy) is 1. The van der Waals surface area contributed by atoms with Crippen LogP contribution in [0.4, 0.5) is 11.5 Å². The fraction of sp³-hybridized carbons (Fsp3) is 0.500. The summed E-state index contributed by atoms with van der Waals surface area (Å²) in [6.45, 7) is 3.53. The lowest BCUT2D eigenvalue weighted by atomic mass is 10.2. The summed E-state index contributed by atoms with van der Waals surface area (Å²) >= 11 is 0. The van der Waals surface area contributed by atoms with Crippen LogP contribution in [0.3, 0.4) is 0 Å². The number of anilines is 2. The molecule has 0 fully saturated rings. The summed E-state index contributed by atoms with van der Waals surface area (Å²) in [6.07, 6.45) is 1.67. The zero-order chi connectivity index (χ0) is 10.6. The van der Waals surface area contributed by atoms with Crippen molar-refractivity contribution in [1.29, 1.82) is 0 Å². The molecule has 4 nitrogen and oxygen atoms in total. The lowest BCUT2D eigenvalue weighted by Crippen LogP contribution is -2.23. The molecule has 1 aromatic heterocycles. The highest BCUT2D eigenvalue weighted by atomic mass is 16.5. The van der Waals surface area contributed by atoms with Gasteiger partial charge in [-0.25, -0.2) is 4.98 Å². The molecule has 0 aliphatic rings. The lowest BCUT2D eigenvalue weighted by molar-refractivity contribution is 0.206. The molecular weight excluding hydrogens is 178 g/mol. The van der Waals surface area contributed by atoms with Crippen molar-refractivity contribution in [2.24, 2.45) is 0 Å². The van der Waals surface area contributed by atoms with Gasteiger partial charge in [-0.3, -0.25) is 0 Å². The van der Waals surface area contributed by atoms with E-state index in [2.05, 4.69) is 9.88 Å². The van der Waals surface area contributed by atoms with Crippen LogP contribution in [0.1, 0.15) is 5.56 Å². The number of nitrogens with zero attached hydrogens (tertiary/aromatic N) is 2. The number of hydrogen-bond acceptors (Lipinski definition) is 4. The number of rotatable bonds is 4. The van der Waals surface area contributed by atoms with Crippen molar-refractivity contribution in [3.8, 4) is 0 Å². The van der Waals surface area contributed by atoms with Crippen molar-refractivity contribution < 1.29 is 4.74 Å². The summed E-state index contributed by atoms with van der Waals surface area (Å²) in [6, 6.07) is 1.92. The molecule has 14 heavy (non-hydrogen) atoms. The highest BCUT2D eigenvalue weighted by Crippen LogP contribution is 2.16. The van der Waals surface area contributed by atoms with Gasteiger partial charge in [-0.2, -0.15) is 0 Å². The van der Waals surface area contributed by atoms with Crippen LogP contribution in [-0.4, -0.2) is 32.3 Å². The molecule has 0 aliphatic heterocycles. The molecule has 1 heterocycles. The standard InChI is InChI=1S/C10H17N3O/c1-8-6-9(11)7-12-10(8)13(2)4-5-14-3/h6-7H,4-5,11H2,1-3H3. The molecule has 0 saturated heterocycles. The summed E-state index contributed by atoms with van der Waals surface area (Å²) < 4.78 is 5.00. The molecule has 0 unspecified atom stereocenters. The molecule has 2 N–H and O–H groups in total. The van der Waals surface area contributed by atoms with E-state index in [1.54, 1.807) is 13.3 Å². The maximum absolute atomic E-state index is 5.62. The number of nitrogens with two attached hydrogens (primary N) is 1. The second-order valence-corrected chi connectivity index (χ2v) is 3.32. The van der Waals surface area contributed by atoms with Crippen molar-refractivity contribution in [3.05, 3.63) is 17.8 Å². The Bertz CT molecular complexity index is 301. The first-order valence-corrected chi connectivity index (χ1v) is 4.57. The van der Waals surface area contributed by atoms with E-state index in [0.29, 0.717) is 12.3 Å². The highest BCUT2D eigenvalue weighted by molar-refractivity contribution is 5.52. The van der Waals surface area contributed by atoms with E-state index in [1.807, 2.05) is 20.0 Å². The van der Waals surface area contributed by atoms with Gasteiger partial charge >= 0.3 is 0 Å². The molecule has 4 heteroatoms. The van der Waals surface area contributed by atoms with Gasteiger partial charge in [0.15, 0.2) is 0 Å². The number of likely N-dealkylation sites (N-methyl/N-ethyl adjacent to an activating group) is 1. The number of methoxy groups -OCH3 is 1. The van der Waals surface area contributed by atoms with Gasteiger partial charge in [-0.15, -0.1) is 0 Å². The molecule has 0 atom stereocenters. The smallest absolute Gasteiger partial charge is 0.131 e. The molecule has 0 saturated carbocycles. The second kappa shape index (κ2) is 4.81. The van der Waals surface area contributed by atoms with Crippen molar-refractivity contribution in [3.63, 3.8) is 0 Å². The Morgan fingerprint density at radius 1 is 1.57 bits per heavy atom. The third-order valence-electron chi connectivity index (χ3n) is 2.06. The van der Waals surface area contributed by atoms with Gasteiger partial charge in [0.2, 0.25) is 0 Å². The highest BCUT2D eigenvalue weighted by Gasteiger charge is 2.05. The largest absolute Gasteiger partial charge is 0.397 e. The van der Waals surface area contributed by atoms with Gasteiger partial charge < -0.3 is 15.4 Å². The van der Waals surface area contributed by atoms with Crippen LogP contribution in [0.25, 0.3) is 0 Å². The Morgan fingerprint density at radius 3 is 2.86 bits per heavy atom. The minimum absolute atomic E-state index is 0.696. The van der Waals surface area contributed by atoms with Crippen LogP contribution >= 0.6 is 0 Å². The van der Waals surface area contributed by atoms with Crippen LogP contribution < -0.4 is 10.6 Å². The first-order chi connectivity index (χ1) is 6.65. The normalized spacial score (nSPS) is 10.2. The Kier molecular flexibility index (Phi) is 3.71. The van der Waals surface area contributed by atoms with Crippen LogP contribution in [0, 0.1) is 6.92 Å². The number of aryl methyl sites for hydroxylation is 1. The molecule has 0 spiro atoms. The average Bonchev–Trinajstić information content (AvgIpc) is 2.14. The van der Waals surface area contributed by atoms with E-state index < -0.39 is 0 Å². The second-order valence-electron chi connectivity index (χ2n) is 3.32. The monoisotopic (exact) mass is 195 g/mol. The van der Waals surface area contributed by atoms with Crippen molar-refractivity contribution >= 4 is 11.5 Å². The summed E-state index contributed by atoms with van der Waals surface area (Å²) in [5, 5.41) is 0. The van der Waals surface area contributed by atoms with E-state index in [4.69, 9.17) is 10.5 Å². The average molecular weight is 195 g/mol. The van der Waals surface area contributed by atoms with Gasteiger partial charge in [0.25, 0.3) is 0 Å². The SMILES string of the molecule is COCCN(C)c1ncc(N)cc1C. The Morgan fingerprint density at radius 2 is 2.29 bits per heavy atom. The van der Waals surface area contributed by atoms with Gasteiger partial charge in [0, 0.05) is 20.7 Å². The molecule has 0 aromatic carbocycles. The first-order valence-electron chi connectivity index (χ1n) is 4.57. The van der Waals surface area contributed by atoms with Gasteiger partial charge in [-0.05, 0) is 18.6 Å². The number of hydrogen-bond donors (Lipinski definition) is 1. The maximum atomic E-state index is 5.62. The Hall–Kier alpha value is -1.29. The topological polar surface area (TPSA) is 51.4 Å². The Balaban J connectivity index is 2.74. The third kappa shape index (κ3) is 2.60. The fourth-order valence-corrected chi connectivity index (χ4v) is 1.32. The van der Waals surface area contributed by atoms with Crippen molar-refractivity contribution in [2.75, 3.05) is 37.9 Å². The van der Waals surface area contributed by atoms with E-state index in [9.17, 15) is 0 Å². The molecule has 0 bridgehead atoms. The van der Waals surface area contributed by atoms with E-state index >= 15 is 0 Å². The molecule has 0 radical (unpaired) electrons. The third-order valence-corrected chi connectivity index (χ3v) is 2.06. The lowest BCUT2D eigenvalue weighted by Gasteiger charge is -2.19. The Labute approximate surface area is 84.7 Å². The predicted octanol–water partition coefficient (Wildman–Crippen LogP) is 1.05. The summed E-state index contributed by atoms with van der Waals surface area (Å²) in [7, 11) is 3.68. The zero-order valence-electron chi connectivity index (χ0n) is 8.95. The van der Waals surface area contributed by atoms with Gasteiger partial charge in [-0.1, -0.05) is 0 Å². The molecular formula is C10H17N3O. The summed E-state index contributed by atoms with van der Waals surface area (Å²) in [5.74, 6) is 0.955. The zero-order valence-corrected chi connectivity index (χ0v) is 8.95. The van der Waals surface area contributed by atoms with E-state index in [1.165, 1.54) is 0 Å². The molecule has 0 amide bonds. The van der Waals surface area contributed by atoms with Crippen LogP contribution in [0.15, 0.2) is 12.3 Å². The van der Waals surface area contributed by atoms with Gasteiger partial charge in [0.1, 0.15) is 5.82 Å². The number of aromatic nitrogens is 1. The van der Waals surface area contributed by atoms with Crippen LogP contribution in [0.5, 0.6) is 0 Å². The van der Waals surface area contributed by atoms with Crippen molar-refractivity contribution in [1.82, 2.24) is 4.98 Å². The number of nitrogen functional groups attached to an aromatic ring is 1. The predicted molar refractivity (Wildman–Crippen MR) is 58.5 cm³/mol. The molecule has 1 aromatic rings. The number of pyridine rings is 1. The summed E-state index contributed by atoms with van der Waals surface area (Å²) in [4.78, 5) is 6.33. The van der Waals surface area contributed by atoms with Crippen molar-refractivity contribution in [2.45, 2.75) is 6.92 Å². The molecule has 0 aliphatic carbocycles.